The van der Waals surface area contributed by atoms with E-state index in [0.29, 0.717) is 19.0 Å². The van der Waals surface area contributed by atoms with Gasteiger partial charge in [0.25, 0.3) is 5.91 Å². The van der Waals surface area contributed by atoms with Gasteiger partial charge in [0.2, 0.25) is 0 Å². The summed E-state index contributed by atoms with van der Waals surface area (Å²) < 4.78 is 11.3. The van der Waals surface area contributed by atoms with Gasteiger partial charge in [-0.25, -0.2) is 0 Å². The summed E-state index contributed by atoms with van der Waals surface area (Å²) in [4.78, 5) is 32.6. The molecule has 1 heterocycles. The molecule has 7 nitrogen and oxygen atoms in total. The summed E-state index contributed by atoms with van der Waals surface area (Å²) in [6.07, 6.45) is 11.9. The van der Waals surface area contributed by atoms with Crippen LogP contribution in [0.2, 0.25) is 0 Å². The van der Waals surface area contributed by atoms with E-state index >= 15 is 0 Å². The van der Waals surface area contributed by atoms with Gasteiger partial charge in [-0.15, -0.1) is 0 Å². The number of nitrogens with two attached hydrogens (primary N) is 1. The Morgan fingerprint density at radius 3 is 2.75 bits per heavy atom. The molecule has 1 aromatic carbocycles. The maximum atomic E-state index is 13.2. The number of ketones is 1. The highest BCUT2D eigenvalue weighted by Gasteiger charge is 2.31. The number of allylic oxidation sites excluding steroid dienone is 2. The van der Waals surface area contributed by atoms with Crippen molar-refractivity contribution in [3.63, 3.8) is 0 Å². The summed E-state index contributed by atoms with van der Waals surface area (Å²) in [5.74, 6) is 1.15. The van der Waals surface area contributed by atoms with Crippen molar-refractivity contribution in [2.75, 3.05) is 26.7 Å². The first-order chi connectivity index (χ1) is 19.3. The molecular formula is C33H45N3O4. The van der Waals surface area contributed by atoms with Crippen LogP contribution in [-0.4, -0.2) is 61.3 Å². The summed E-state index contributed by atoms with van der Waals surface area (Å²) in [6.45, 7) is 9.23. The molecule has 3 aliphatic rings. The van der Waals surface area contributed by atoms with E-state index in [4.69, 9.17) is 15.2 Å². The van der Waals surface area contributed by atoms with E-state index in [1.54, 1.807) is 12.0 Å². The first-order valence-corrected chi connectivity index (χ1v) is 14.8. The van der Waals surface area contributed by atoms with Gasteiger partial charge in [0.05, 0.1) is 19.3 Å². The lowest BCUT2D eigenvalue weighted by molar-refractivity contribution is -0.140. The van der Waals surface area contributed by atoms with Crippen molar-refractivity contribution < 1.29 is 19.1 Å². The number of methoxy groups -OCH3 is 1. The summed E-state index contributed by atoms with van der Waals surface area (Å²) in [5, 5.41) is 0. The van der Waals surface area contributed by atoms with Gasteiger partial charge in [-0.05, 0) is 100.0 Å². The molecule has 2 aliphatic carbocycles. The third-order valence-corrected chi connectivity index (χ3v) is 8.42. The van der Waals surface area contributed by atoms with Gasteiger partial charge in [-0.3, -0.25) is 14.6 Å². The van der Waals surface area contributed by atoms with Gasteiger partial charge in [-0.1, -0.05) is 31.2 Å². The van der Waals surface area contributed by atoms with Crippen molar-refractivity contribution in [3.8, 4) is 5.75 Å². The summed E-state index contributed by atoms with van der Waals surface area (Å²) in [7, 11) is 1.68. The van der Waals surface area contributed by atoms with Crippen molar-refractivity contribution in [2.45, 2.75) is 89.8 Å². The van der Waals surface area contributed by atoms with Crippen molar-refractivity contribution in [1.82, 2.24) is 4.90 Å². The number of ether oxygens (including phenoxy) is 2. The molecule has 7 heteroatoms. The van der Waals surface area contributed by atoms with Gasteiger partial charge < -0.3 is 20.1 Å². The lowest BCUT2D eigenvalue weighted by Gasteiger charge is -2.36. The largest absolute Gasteiger partial charge is 0.497 e. The minimum atomic E-state index is -0.142. The third kappa shape index (κ3) is 7.30. The zero-order valence-electron chi connectivity index (χ0n) is 24.4. The summed E-state index contributed by atoms with van der Waals surface area (Å²) in [5.41, 5.74) is 11.9. The Hall–Kier alpha value is -3.19. The average molecular weight is 548 g/mol. The molecule has 0 bridgehead atoms. The van der Waals surface area contributed by atoms with Gasteiger partial charge in [0, 0.05) is 24.4 Å². The number of aliphatic imine (C=N–C) groups is 1. The van der Waals surface area contributed by atoms with E-state index in [2.05, 4.69) is 24.6 Å². The van der Waals surface area contributed by atoms with Crippen LogP contribution in [0.25, 0.3) is 6.08 Å². The highest BCUT2D eigenvalue weighted by atomic mass is 16.5. The summed E-state index contributed by atoms with van der Waals surface area (Å²) >= 11 is 0. The van der Waals surface area contributed by atoms with Crippen molar-refractivity contribution >= 4 is 23.5 Å². The molecule has 2 N–H and O–H groups in total. The highest BCUT2D eigenvalue weighted by molar-refractivity contribution is 6.09. The maximum absolute atomic E-state index is 13.2. The molecule has 1 unspecified atom stereocenters. The average Bonchev–Trinajstić information content (AvgIpc) is 3.32. The maximum Gasteiger partial charge on any atom is 0.270 e. The quantitative estimate of drug-likeness (QED) is 0.331. The minimum absolute atomic E-state index is 0.0117. The van der Waals surface area contributed by atoms with Crippen molar-refractivity contribution in [2.24, 2.45) is 10.7 Å². The van der Waals surface area contributed by atoms with Crippen LogP contribution in [0.1, 0.15) is 88.7 Å². The Kier molecular flexibility index (Phi) is 10.4. The molecule has 3 fully saturated rings. The minimum Gasteiger partial charge on any atom is -0.497 e. The van der Waals surface area contributed by atoms with Crippen LogP contribution in [0.15, 0.2) is 52.7 Å². The fourth-order valence-corrected chi connectivity index (χ4v) is 6.26. The fraction of sp³-hybridized carbons (Fsp3) is 0.545. The number of amides is 1. The predicted molar refractivity (Wildman–Crippen MR) is 161 cm³/mol. The fourth-order valence-electron chi connectivity index (χ4n) is 6.26. The van der Waals surface area contributed by atoms with E-state index in [1.165, 1.54) is 11.1 Å². The second-order valence-corrected chi connectivity index (χ2v) is 11.3. The molecule has 4 rings (SSSR count). The van der Waals surface area contributed by atoms with Crippen LogP contribution in [0.5, 0.6) is 5.75 Å². The molecule has 0 radical (unpaired) electrons. The zero-order chi connectivity index (χ0) is 28.6. The van der Waals surface area contributed by atoms with Gasteiger partial charge >= 0.3 is 0 Å². The molecule has 3 atom stereocenters. The molecule has 1 aromatic rings. The zero-order valence-corrected chi connectivity index (χ0v) is 24.4. The van der Waals surface area contributed by atoms with Gasteiger partial charge in [-0.2, -0.15) is 0 Å². The summed E-state index contributed by atoms with van der Waals surface area (Å²) in [6, 6.07) is 6.21. The monoisotopic (exact) mass is 547 g/mol. The van der Waals surface area contributed by atoms with E-state index in [1.807, 2.05) is 31.2 Å². The lowest BCUT2D eigenvalue weighted by atomic mass is 9.88. The number of carbonyl (C=O) groups is 2. The number of morpholine rings is 1. The molecule has 0 aromatic heterocycles. The SMILES string of the molecule is C=Cc1cc(OC)ccc1C1CCC/C(=C/C(=O)CN=C2CCC/C2=C(/N)C(=O)N2C[C@H](CC)O[C@H](C)C2)CC1. The van der Waals surface area contributed by atoms with Crippen LogP contribution >= 0.6 is 0 Å². The molecule has 1 amide bonds. The second-order valence-electron chi connectivity index (χ2n) is 11.3. The number of benzene rings is 1. The Morgan fingerprint density at radius 2 is 2.00 bits per heavy atom. The number of carbonyl (C=O) groups excluding carboxylic acids is 2. The first-order valence-electron chi connectivity index (χ1n) is 14.8. The number of hydrogen-bond donors (Lipinski definition) is 1. The number of hydrogen-bond acceptors (Lipinski definition) is 6. The van der Waals surface area contributed by atoms with Crippen LogP contribution in [0.3, 0.4) is 0 Å². The van der Waals surface area contributed by atoms with E-state index < -0.39 is 0 Å². The Balaban J connectivity index is 1.38. The van der Waals surface area contributed by atoms with Crippen LogP contribution in [-0.2, 0) is 14.3 Å². The normalized spacial score (nSPS) is 27.0. The number of nitrogens with zero attached hydrogens (tertiary/aromatic N) is 2. The lowest BCUT2D eigenvalue weighted by Crippen LogP contribution is -2.50. The van der Waals surface area contributed by atoms with Crippen LogP contribution in [0, 0.1) is 0 Å². The molecule has 216 valence electrons. The van der Waals surface area contributed by atoms with E-state index in [-0.39, 0.29) is 36.1 Å². The Morgan fingerprint density at radius 1 is 1.18 bits per heavy atom. The Labute approximate surface area is 239 Å². The van der Waals surface area contributed by atoms with Gasteiger partial charge in [0.15, 0.2) is 5.78 Å². The molecule has 40 heavy (non-hydrogen) atoms. The van der Waals surface area contributed by atoms with Crippen molar-refractivity contribution in [3.05, 3.63) is 58.8 Å². The first kappa shape index (κ1) is 29.8. The Bertz CT molecular complexity index is 1200. The standard InChI is InChI=1S/C33H45N3O4/c1-5-24-18-28(39-4)15-16-29(24)25-10-7-9-23(13-14-25)17-26(37)19-35-31-12-8-11-30(31)32(34)33(38)36-20-22(3)40-27(6-2)21-36/h5,15-18,22,25,27H,1,6-14,19-21,34H2,2-4H3/b23-17-,32-30-,35-31?/t22-,25?,27+/m1/s1. The van der Waals surface area contributed by atoms with E-state index in [9.17, 15) is 9.59 Å². The third-order valence-electron chi connectivity index (χ3n) is 8.42. The second kappa shape index (κ2) is 13.9. The molecule has 0 spiro atoms. The van der Waals surface area contributed by atoms with Crippen molar-refractivity contribution in [1.29, 1.82) is 0 Å². The van der Waals surface area contributed by atoms with Gasteiger partial charge in [0.1, 0.15) is 18.0 Å². The number of rotatable bonds is 8. The van der Waals surface area contributed by atoms with Crippen LogP contribution < -0.4 is 10.5 Å². The highest BCUT2D eigenvalue weighted by Crippen LogP contribution is 2.37. The molecule has 1 saturated heterocycles. The van der Waals surface area contributed by atoms with Crippen LogP contribution in [0.4, 0.5) is 0 Å². The van der Waals surface area contributed by atoms with E-state index in [0.717, 1.165) is 80.4 Å². The topological polar surface area (TPSA) is 94.2 Å². The molecule has 1 aliphatic heterocycles. The molecule has 2 saturated carbocycles. The molecular weight excluding hydrogens is 502 g/mol. The smallest absolute Gasteiger partial charge is 0.270 e. The predicted octanol–water partition coefficient (Wildman–Crippen LogP) is 5.75.